The molecule has 0 saturated heterocycles. The molecule has 0 aliphatic heterocycles. The normalized spacial score (nSPS) is 12.2. The van der Waals surface area contributed by atoms with Crippen molar-refractivity contribution in [2.24, 2.45) is 0 Å². The summed E-state index contributed by atoms with van der Waals surface area (Å²) in [6.45, 7) is 19.9. The Balaban J connectivity index is 0.000000232. The van der Waals surface area contributed by atoms with Crippen LogP contribution >= 0.6 is 0 Å². The van der Waals surface area contributed by atoms with Crippen molar-refractivity contribution < 1.29 is 25.9 Å². The molecule has 0 fully saturated rings. The standard InChI is InChI=1S/C40H32N3O.C17H22NSi.Ir/c1-24(2)32-21-28(26-13-6-5-7-14-26)22-33(25(3)4)37(32)43-35-23-27-15-8-10-19-34(27)41-39(35)42-40(43)31-18-12-17-30-29-16-9-11-20-36(29)44-38(30)31;1-13(2)15-11-16(14-9-7-6-8-10-14)18-12-17(15)19(3,4)5;/h5-17,19-25H,1-4H3;6-9,11-13H,1-5H3;/q2*-1;/i;13D;. The molecule has 7 heteroatoms. The van der Waals surface area contributed by atoms with Gasteiger partial charge in [-0.3, -0.25) is 4.98 Å². The molecule has 0 aliphatic rings. The van der Waals surface area contributed by atoms with E-state index in [-0.39, 0.29) is 31.9 Å². The largest absolute Gasteiger partial charge is 0.501 e. The Morgan fingerprint density at radius 2 is 1.34 bits per heavy atom. The second kappa shape index (κ2) is 18.2. The van der Waals surface area contributed by atoms with Crippen molar-refractivity contribution in [3.8, 4) is 39.5 Å². The number of rotatable bonds is 8. The van der Waals surface area contributed by atoms with E-state index in [9.17, 15) is 0 Å². The summed E-state index contributed by atoms with van der Waals surface area (Å²) in [6, 6.07) is 54.8. The average molecular weight is 1030 g/mol. The summed E-state index contributed by atoms with van der Waals surface area (Å²) >= 11 is 0. The third-order valence-corrected chi connectivity index (χ3v) is 13.9. The van der Waals surface area contributed by atoms with E-state index >= 15 is 0 Å². The number of fused-ring (bicyclic) bond motifs is 5. The van der Waals surface area contributed by atoms with Crippen LogP contribution in [0.4, 0.5) is 0 Å². The first kappa shape index (κ1) is 43.3. The molecule has 0 saturated carbocycles. The number of hydrogen-bond donors (Lipinski definition) is 0. The Labute approximate surface area is 393 Å². The van der Waals surface area contributed by atoms with E-state index < -0.39 is 14.0 Å². The van der Waals surface area contributed by atoms with Crippen LogP contribution in [0.2, 0.25) is 19.6 Å². The van der Waals surface area contributed by atoms with Crippen molar-refractivity contribution in [1.82, 2.24) is 19.5 Å². The van der Waals surface area contributed by atoms with Crippen LogP contribution in [0.1, 0.15) is 77.3 Å². The molecule has 0 aliphatic carbocycles. The maximum atomic E-state index is 8.44. The van der Waals surface area contributed by atoms with Gasteiger partial charge in [-0.2, -0.15) is 0 Å². The molecule has 0 unspecified atom stereocenters. The molecule has 0 amide bonds. The molecule has 0 spiro atoms. The zero-order valence-electron chi connectivity index (χ0n) is 39.0. The molecule has 4 heterocycles. The molecule has 0 atom stereocenters. The molecule has 10 aromatic rings. The average Bonchev–Trinajstić information content (AvgIpc) is 3.86. The van der Waals surface area contributed by atoms with E-state index in [1.807, 2.05) is 74.6 Å². The van der Waals surface area contributed by atoms with Gasteiger partial charge in [-0.15, -0.1) is 54.1 Å². The minimum atomic E-state index is -1.50. The van der Waals surface area contributed by atoms with E-state index in [0.717, 1.165) is 72.3 Å². The number of pyridine rings is 2. The minimum Gasteiger partial charge on any atom is -0.501 e. The van der Waals surface area contributed by atoms with Crippen LogP contribution in [0.25, 0.3) is 83.5 Å². The molecule has 5 nitrogen and oxygen atoms in total. The van der Waals surface area contributed by atoms with Gasteiger partial charge in [0.1, 0.15) is 5.58 Å². The number of benzene rings is 6. The van der Waals surface area contributed by atoms with Gasteiger partial charge in [0.2, 0.25) is 0 Å². The SMILES string of the molecule is CC(C)c1cc(-c2ccccc2)cc(C(C)C)c1-n1c(-c2[c-]ccc3c2oc2ccccc23)nc2nc3ccccc3cc21.[2H]C(C)(C)c1cc(-c2[c-]cccc2)ncc1[Si](C)(C)C.[Ir]. The zero-order valence-corrected chi connectivity index (χ0v) is 41.4. The van der Waals surface area contributed by atoms with Gasteiger partial charge >= 0.3 is 0 Å². The fourth-order valence-corrected chi connectivity index (χ4v) is 10.2. The molecule has 1 radical (unpaired) electrons. The van der Waals surface area contributed by atoms with Crippen molar-refractivity contribution in [2.45, 2.75) is 78.9 Å². The van der Waals surface area contributed by atoms with Gasteiger partial charge in [-0.05, 0) is 81.2 Å². The van der Waals surface area contributed by atoms with E-state index in [4.69, 9.17) is 15.8 Å². The second-order valence-electron chi connectivity index (χ2n) is 18.3. The molecule has 0 N–H and O–H groups in total. The van der Waals surface area contributed by atoms with E-state index in [1.165, 1.54) is 27.4 Å². The molecule has 4 aromatic heterocycles. The number of aromatic nitrogens is 4. The zero-order chi connectivity index (χ0) is 44.9. The Hall–Kier alpha value is -5.98. The number of para-hydroxylation sites is 2. The molecule has 323 valence electrons. The maximum Gasteiger partial charge on any atom is 0.168 e. The van der Waals surface area contributed by atoms with E-state index in [2.05, 4.69) is 154 Å². The fraction of sp³-hybridized carbons (Fsp3) is 0.211. The topological polar surface area (TPSA) is 56.7 Å². The van der Waals surface area contributed by atoms with Crippen LogP contribution in [-0.2, 0) is 20.1 Å². The third-order valence-electron chi connectivity index (χ3n) is 11.9. The number of hydrogen-bond acceptors (Lipinski definition) is 4. The summed E-state index contributed by atoms with van der Waals surface area (Å²) in [5, 5.41) is 4.50. The molecular formula is C57H54IrN4OSi-2. The van der Waals surface area contributed by atoms with Crippen LogP contribution in [0, 0.1) is 12.1 Å². The van der Waals surface area contributed by atoms with Gasteiger partial charge in [0, 0.05) is 44.1 Å². The quantitative estimate of drug-likeness (QED) is 0.112. The van der Waals surface area contributed by atoms with Crippen LogP contribution in [0.5, 0.6) is 0 Å². The van der Waals surface area contributed by atoms with Crippen molar-refractivity contribution in [3.63, 3.8) is 0 Å². The first-order valence-corrected chi connectivity index (χ1v) is 25.5. The van der Waals surface area contributed by atoms with Crippen molar-refractivity contribution in [3.05, 3.63) is 175 Å². The summed E-state index contributed by atoms with van der Waals surface area (Å²) in [4.78, 5) is 15.0. The van der Waals surface area contributed by atoms with Crippen LogP contribution in [-0.4, -0.2) is 27.6 Å². The van der Waals surface area contributed by atoms with E-state index in [1.54, 1.807) is 0 Å². The van der Waals surface area contributed by atoms with Gasteiger partial charge in [0.05, 0.1) is 30.5 Å². The fourth-order valence-electron chi connectivity index (χ4n) is 8.64. The number of imidazole rings is 1. The van der Waals surface area contributed by atoms with Gasteiger partial charge < -0.3 is 14.0 Å². The third kappa shape index (κ3) is 8.53. The summed E-state index contributed by atoms with van der Waals surface area (Å²) in [5.74, 6) is 0.692. The summed E-state index contributed by atoms with van der Waals surface area (Å²) in [6.07, 6.45) is 1.98. The van der Waals surface area contributed by atoms with Crippen molar-refractivity contribution in [2.75, 3.05) is 0 Å². The maximum absolute atomic E-state index is 8.44. The summed E-state index contributed by atoms with van der Waals surface area (Å²) in [5.41, 5.74) is 14.2. The Bertz CT molecular complexity index is 3280. The predicted molar refractivity (Wildman–Crippen MR) is 267 cm³/mol. The van der Waals surface area contributed by atoms with Crippen LogP contribution in [0.15, 0.2) is 150 Å². The van der Waals surface area contributed by atoms with Gasteiger partial charge in [-0.1, -0.05) is 150 Å². The molecule has 0 bridgehead atoms. The number of nitrogens with zero attached hydrogens (tertiary/aromatic N) is 4. The predicted octanol–water partition coefficient (Wildman–Crippen LogP) is 15.1. The van der Waals surface area contributed by atoms with Crippen LogP contribution < -0.4 is 5.19 Å². The molecule has 10 rings (SSSR count). The van der Waals surface area contributed by atoms with Crippen LogP contribution in [0.3, 0.4) is 0 Å². The Kier molecular flexibility index (Phi) is 12.3. The monoisotopic (exact) mass is 1030 g/mol. The molecular weight excluding hydrogens is 977 g/mol. The molecule has 6 aromatic carbocycles. The van der Waals surface area contributed by atoms with Gasteiger partial charge in [0.15, 0.2) is 5.65 Å². The summed E-state index contributed by atoms with van der Waals surface area (Å²) < 4.78 is 17.3. The van der Waals surface area contributed by atoms with Gasteiger partial charge in [0.25, 0.3) is 0 Å². The summed E-state index contributed by atoms with van der Waals surface area (Å²) in [7, 11) is -1.50. The molecule has 64 heavy (non-hydrogen) atoms. The Morgan fingerprint density at radius 3 is 2.03 bits per heavy atom. The Morgan fingerprint density at radius 1 is 0.656 bits per heavy atom. The smallest absolute Gasteiger partial charge is 0.168 e. The first-order valence-electron chi connectivity index (χ1n) is 22.5. The van der Waals surface area contributed by atoms with Gasteiger partial charge in [-0.25, -0.2) is 4.98 Å². The first-order chi connectivity index (χ1) is 30.7. The minimum absolute atomic E-state index is 0. The van der Waals surface area contributed by atoms with Crippen molar-refractivity contribution >= 4 is 57.3 Å². The number of furan rings is 1. The van der Waals surface area contributed by atoms with Crippen molar-refractivity contribution in [1.29, 1.82) is 0 Å². The van der Waals surface area contributed by atoms with E-state index in [0.29, 0.717) is 5.65 Å². The second-order valence-corrected chi connectivity index (χ2v) is 23.3.